The van der Waals surface area contributed by atoms with Gasteiger partial charge in [0.05, 0.1) is 6.10 Å². The predicted molar refractivity (Wildman–Crippen MR) is 62.8 cm³/mol. The van der Waals surface area contributed by atoms with E-state index in [4.69, 9.17) is 0 Å². The minimum atomic E-state index is -0.169. The number of hydrogen-bond donors (Lipinski definition) is 1. The lowest BCUT2D eigenvalue weighted by Crippen LogP contribution is -2.17. The number of aliphatic hydroxyl groups is 1. The van der Waals surface area contributed by atoms with Gasteiger partial charge in [-0.15, -0.1) is 0 Å². The normalized spacial score (nSPS) is 29.6. The summed E-state index contributed by atoms with van der Waals surface area (Å²) in [5.41, 5.74) is 2.41. The molecule has 1 aliphatic carbocycles. The van der Waals surface area contributed by atoms with Crippen LogP contribution in [0.1, 0.15) is 37.3 Å². The highest BCUT2D eigenvalue weighted by Gasteiger charge is 2.34. The van der Waals surface area contributed by atoms with Crippen molar-refractivity contribution in [2.24, 2.45) is 5.41 Å². The second-order valence-electron chi connectivity index (χ2n) is 5.45. The third-order valence-corrected chi connectivity index (χ3v) is 3.73. The van der Waals surface area contributed by atoms with Crippen LogP contribution in [0.25, 0.3) is 0 Å². The molecule has 1 aliphatic rings. The largest absolute Gasteiger partial charge is 0.393 e. The molecule has 0 saturated heterocycles. The van der Waals surface area contributed by atoms with Crippen LogP contribution in [0, 0.1) is 18.2 Å². The molecule has 0 aromatic heterocycles. The maximum Gasteiger partial charge on any atom is 0.123 e. The van der Waals surface area contributed by atoms with E-state index < -0.39 is 0 Å². The Kier molecular flexibility index (Phi) is 3.02. The number of halogens is 1. The van der Waals surface area contributed by atoms with E-state index in [1.54, 1.807) is 6.07 Å². The molecular formula is C14H19FO. The van der Waals surface area contributed by atoms with Gasteiger partial charge in [-0.05, 0) is 61.3 Å². The van der Waals surface area contributed by atoms with E-state index in [2.05, 4.69) is 6.92 Å². The van der Waals surface area contributed by atoms with Crippen LogP contribution in [0.2, 0.25) is 0 Å². The summed E-state index contributed by atoms with van der Waals surface area (Å²) in [5.74, 6) is -0.169. The molecule has 1 aromatic carbocycles. The summed E-state index contributed by atoms with van der Waals surface area (Å²) in [4.78, 5) is 0. The smallest absolute Gasteiger partial charge is 0.123 e. The van der Waals surface area contributed by atoms with Gasteiger partial charge in [-0.3, -0.25) is 0 Å². The Labute approximate surface area is 96.3 Å². The van der Waals surface area contributed by atoms with E-state index in [0.717, 1.165) is 31.2 Å². The van der Waals surface area contributed by atoms with Gasteiger partial charge in [-0.1, -0.05) is 13.0 Å². The minimum Gasteiger partial charge on any atom is -0.393 e. The molecule has 1 fully saturated rings. The van der Waals surface area contributed by atoms with Gasteiger partial charge in [-0.25, -0.2) is 4.39 Å². The SMILES string of the molecule is Cc1cc(F)ccc1CC1(C)CCC(O)C1. The maximum atomic E-state index is 13.0. The molecule has 0 spiro atoms. The molecule has 0 heterocycles. The lowest BCUT2D eigenvalue weighted by Gasteiger charge is -2.24. The third-order valence-electron chi connectivity index (χ3n) is 3.73. The number of rotatable bonds is 2. The molecule has 1 aromatic rings. The number of aryl methyl sites for hydroxylation is 1. The van der Waals surface area contributed by atoms with Crippen LogP contribution >= 0.6 is 0 Å². The van der Waals surface area contributed by atoms with E-state index in [9.17, 15) is 9.50 Å². The molecule has 0 aliphatic heterocycles. The molecule has 2 atom stereocenters. The van der Waals surface area contributed by atoms with Crippen molar-refractivity contribution in [2.45, 2.75) is 45.6 Å². The highest BCUT2D eigenvalue weighted by Crippen LogP contribution is 2.41. The lowest BCUT2D eigenvalue weighted by molar-refractivity contribution is 0.163. The van der Waals surface area contributed by atoms with Gasteiger partial charge in [0.25, 0.3) is 0 Å². The molecule has 88 valence electrons. The minimum absolute atomic E-state index is 0.147. The Bertz CT molecular complexity index is 388. The molecule has 1 N–H and O–H groups in total. The summed E-state index contributed by atoms with van der Waals surface area (Å²) in [6.07, 6.45) is 3.62. The number of hydrogen-bond acceptors (Lipinski definition) is 1. The molecule has 2 heteroatoms. The zero-order valence-electron chi connectivity index (χ0n) is 9.96. The lowest BCUT2D eigenvalue weighted by atomic mass is 9.81. The van der Waals surface area contributed by atoms with Crippen molar-refractivity contribution in [3.05, 3.63) is 35.1 Å². The van der Waals surface area contributed by atoms with Crippen LogP contribution < -0.4 is 0 Å². The molecule has 1 nitrogen and oxygen atoms in total. The first-order valence-electron chi connectivity index (χ1n) is 5.92. The van der Waals surface area contributed by atoms with Gasteiger partial charge in [0.2, 0.25) is 0 Å². The molecule has 0 amide bonds. The Hall–Kier alpha value is -0.890. The molecule has 2 unspecified atom stereocenters. The van der Waals surface area contributed by atoms with Crippen LogP contribution in [0.4, 0.5) is 4.39 Å². The van der Waals surface area contributed by atoms with E-state index in [0.29, 0.717) is 0 Å². The molecule has 2 rings (SSSR count). The Morgan fingerprint density at radius 2 is 2.25 bits per heavy atom. The second kappa shape index (κ2) is 4.17. The van der Waals surface area contributed by atoms with Gasteiger partial charge < -0.3 is 5.11 Å². The van der Waals surface area contributed by atoms with E-state index in [-0.39, 0.29) is 17.3 Å². The molecule has 0 bridgehead atoms. The van der Waals surface area contributed by atoms with Crippen LogP contribution in [0.15, 0.2) is 18.2 Å². The summed E-state index contributed by atoms with van der Waals surface area (Å²) < 4.78 is 13.0. The topological polar surface area (TPSA) is 20.2 Å². The van der Waals surface area contributed by atoms with E-state index >= 15 is 0 Å². The van der Waals surface area contributed by atoms with Crippen molar-refractivity contribution in [3.8, 4) is 0 Å². The quantitative estimate of drug-likeness (QED) is 0.814. The highest BCUT2D eigenvalue weighted by atomic mass is 19.1. The van der Waals surface area contributed by atoms with Gasteiger partial charge in [0.15, 0.2) is 0 Å². The molecule has 16 heavy (non-hydrogen) atoms. The zero-order valence-corrected chi connectivity index (χ0v) is 9.96. The molecule has 0 radical (unpaired) electrons. The van der Waals surface area contributed by atoms with E-state index in [1.165, 1.54) is 11.6 Å². The fourth-order valence-electron chi connectivity index (χ4n) is 2.77. The summed E-state index contributed by atoms with van der Waals surface area (Å²) in [6.45, 7) is 4.17. The fourth-order valence-corrected chi connectivity index (χ4v) is 2.77. The summed E-state index contributed by atoms with van der Waals surface area (Å²) in [7, 11) is 0. The molecular weight excluding hydrogens is 203 g/mol. The number of benzene rings is 1. The number of aliphatic hydroxyl groups excluding tert-OH is 1. The summed E-state index contributed by atoms with van der Waals surface area (Å²) in [5, 5.41) is 9.60. The van der Waals surface area contributed by atoms with Crippen LogP contribution in [0.3, 0.4) is 0 Å². The van der Waals surface area contributed by atoms with Crippen molar-refractivity contribution in [3.63, 3.8) is 0 Å². The Morgan fingerprint density at radius 3 is 2.81 bits per heavy atom. The van der Waals surface area contributed by atoms with Crippen molar-refractivity contribution in [1.82, 2.24) is 0 Å². The second-order valence-corrected chi connectivity index (χ2v) is 5.45. The third kappa shape index (κ3) is 2.43. The van der Waals surface area contributed by atoms with Gasteiger partial charge in [-0.2, -0.15) is 0 Å². The van der Waals surface area contributed by atoms with Crippen LogP contribution in [-0.2, 0) is 6.42 Å². The Balaban J connectivity index is 2.14. The van der Waals surface area contributed by atoms with Gasteiger partial charge in [0.1, 0.15) is 5.82 Å². The predicted octanol–water partition coefficient (Wildman–Crippen LogP) is 3.23. The zero-order chi connectivity index (χ0) is 11.8. The molecule has 1 saturated carbocycles. The Morgan fingerprint density at radius 1 is 1.50 bits per heavy atom. The monoisotopic (exact) mass is 222 g/mol. The first kappa shape index (κ1) is 11.6. The standard InChI is InChI=1S/C14H19FO/c1-10-7-12(15)4-3-11(10)8-14(2)6-5-13(16)9-14/h3-4,7,13,16H,5-6,8-9H2,1-2H3. The average molecular weight is 222 g/mol. The van der Waals surface area contributed by atoms with E-state index in [1.807, 2.05) is 13.0 Å². The average Bonchev–Trinajstić information content (AvgIpc) is 2.52. The maximum absolute atomic E-state index is 13.0. The first-order chi connectivity index (χ1) is 7.48. The summed E-state index contributed by atoms with van der Waals surface area (Å²) >= 11 is 0. The van der Waals surface area contributed by atoms with Crippen molar-refractivity contribution in [2.75, 3.05) is 0 Å². The van der Waals surface area contributed by atoms with Crippen LogP contribution in [-0.4, -0.2) is 11.2 Å². The summed E-state index contributed by atoms with van der Waals surface area (Å²) in [6, 6.07) is 4.99. The van der Waals surface area contributed by atoms with Crippen molar-refractivity contribution >= 4 is 0 Å². The highest BCUT2D eigenvalue weighted by molar-refractivity contribution is 5.27. The first-order valence-corrected chi connectivity index (χ1v) is 5.92. The van der Waals surface area contributed by atoms with Gasteiger partial charge in [0, 0.05) is 0 Å². The van der Waals surface area contributed by atoms with Crippen molar-refractivity contribution < 1.29 is 9.50 Å². The fraction of sp³-hybridized carbons (Fsp3) is 0.571. The van der Waals surface area contributed by atoms with Gasteiger partial charge >= 0.3 is 0 Å². The van der Waals surface area contributed by atoms with Crippen molar-refractivity contribution in [1.29, 1.82) is 0 Å². The van der Waals surface area contributed by atoms with Crippen LogP contribution in [0.5, 0.6) is 0 Å².